The quantitative estimate of drug-likeness (QED) is 0.922. The Morgan fingerprint density at radius 2 is 1.87 bits per heavy atom. The smallest absolute Gasteiger partial charge is 0.253 e. The molecule has 1 aromatic carbocycles. The highest BCUT2D eigenvalue weighted by Gasteiger charge is 2.21. The van der Waals surface area contributed by atoms with Crippen molar-refractivity contribution in [3.05, 3.63) is 35.4 Å². The Balaban J connectivity index is 1.54. The summed E-state index contributed by atoms with van der Waals surface area (Å²) in [6, 6.07) is 7.88. The molecule has 2 saturated heterocycles. The van der Waals surface area contributed by atoms with Gasteiger partial charge >= 0.3 is 0 Å². The number of rotatable bonds is 4. The SMILES string of the molecule is O=C1NCCCC[C@@H]1SCc1ccc(C(=O)N2CCCC2)cc1. The van der Waals surface area contributed by atoms with E-state index in [4.69, 9.17) is 0 Å². The van der Waals surface area contributed by atoms with E-state index in [-0.39, 0.29) is 17.1 Å². The van der Waals surface area contributed by atoms with Crippen LogP contribution in [-0.2, 0) is 10.5 Å². The molecular weight excluding hydrogens is 308 g/mol. The van der Waals surface area contributed by atoms with Gasteiger partial charge in [-0.15, -0.1) is 11.8 Å². The molecule has 1 aromatic rings. The van der Waals surface area contributed by atoms with E-state index in [1.54, 1.807) is 11.8 Å². The van der Waals surface area contributed by atoms with Gasteiger partial charge < -0.3 is 10.2 Å². The zero-order valence-corrected chi connectivity index (χ0v) is 14.2. The van der Waals surface area contributed by atoms with Crippen LogP contribution in [0, 0.1) is 0 Å². The van der Waals surface area contributed by atoms with Crippen LogP contribution in [0.4, 0.5) is 0 Å². The Morgan fingerprint density at radius 3 is 2.61 bits per heavy atom. The van der Waals surface area contributed by atoms with E-state index in [9.17, 15) is 9.59 Å². The summed E-state index contributed by atoms with van der Waals surface area (Å²) < 4.78 is 0. The number of amides is 2. The number of nitrogens with zero attached hydrogens (tertiary/aromatic N) is 1. The summed E-state index contributed by atoms with van der Waals surface area (Å²) in [5.74, 6) is 1.13. The van der Waals surface area contributed by atoms with Gasteiger partial charge in [0.25, 0.3) is 5.91 Å². The number of hydrogen-bond acceptors (Lipinski definition) is 3. The minimum absolute atomic E-state index is 0.0587. The van der Waals surface area contributed by atoms with Crippen LogP contribution in [0.1, 0.15) is 48.0 Å². The number of carbonyl (C=O) groups excluding carboxylic acids is 2. The summed E-state index contributed by atoms with van der Waals surface area (Å²) in [7, 11) is 0. The molecule has 2 aliphatic heterocycles. The molecule has 1 N–H and O–H groups in total. The van der Waals surface area contributed by atoms with Crippen molar-refractivity contribution < 1.29 is 9.59 Å². The van der Waals surface area contributed by atoms with Crippen LogP contribution in [-0.4, -0.2) is 41.6 Å². The maximum Gasteiger partial charge on any atom is 0.253 e. The van der Waals surface area contributed by atoms with Gasteiger partial charge in [-0.1, -0.05) is 18.6 Å². The highest BCUT2D eigenvalue weighted by atomic mass is 32.2. The van der Waals surface area contributed by atoms with E-state index in [1.165, 1.54) is 5.56 Å². The molecule has 0 aromatic heterocycles. The van der Waals surface area contributed by atoms with E-state index in [1.807, 2.05) is 29.2 Å². The van der Waals surface area contributed by atoms with Crippen LogP contribution >= 0.6 is 11.8 Å². The van der Waals surface area contributed by atoms with Crippen molar-refractivity contribution in [2.24, 2.45) is 0 Å². The van der Waals surface area contributed by atoms with Gasteiger partial charge in [-0.25, -0.2) is 0 Å². The summed E-state index contributed by atoms with van der Waals surface area (Å²) in [6.07, 6.45) is 5.38. The van der Waals surface area contributed by atoms with Crippen LogP contribution in [0.3, 0.4) is 0 Å². The van der Waals surface area contributed by atoms with Crippen LogP contribution in [0.5, 0.6) is 0 Å². The topological polar surface area (TPSA) is 49.4 Å². The zero-order chi connectivity index (χ0) is 16.1. The largest absolute Gasteiger partial charge is 0.355 e. The fourth-order valence-electron chi connectivity index (χ4n) is 3.11. The van der Waals surface area contributed by atoms with Gasteiger partial charge in [0, 0.05) is 31.0 Å². The lowest BCUT2D eigenvalue weighted by Crippen LogP contribution is -2.30. The standard InChI is InChI=1S/C18H24N2O2S/c21-17-16(5-1-2-10-19-17)23-13-14-6-8-15(9-7-14)18(22)20-11-3-4-12-20/h6-9,16H,1-5,10-13H2,(H,19,21)/t16-/m0/s1. The molecule has 23 heavy (non-hydrogen) atoms. The van der Waals surface area contributed by atoms with E-state index in [0.29, 0.717) is 0 Å². The highest BCUT2D eigenvalue weighted by molar-refractivity contribution is 7.99. The van der Waals surface area contributed by atoms with Crippen LogP contribution in [0.2, 0.25) is 0 Å². The summed E-state index contributed by atoms with van der Waals surface area (Å²) in [5, 5.41) is 3.03. The molecule has 0 saturated carbocycles. The molecule has 2 aliphatic rings. The van der Waals surface area contributed by atoms with Crippen molar-refractivity contribution in [3.8, 4) is 0 Å². The van der Waals surface area contributed by atoms with Gasteiger partial charge in [-0.2, -0.15) is 0 Å². The lowest BCUT2D eigenvalue weighted by Gasteiger charge is -2.15. The summed E-state index contributed by atoms with van der Waals surface area (Å²) in [5.41, 5.74) is 1.94. The van der Waals surface area contributed by atoms with Crippen molar-refractivity contribution in [1.29, 1.82) is 0 Å². The monoisotopic (exact) mass is 332 g/mol. The van der Waals surface area contributed by atoms with E-state index < -0.39 is 0 Å². The zero-order valence-electron chi connectivity index (χ0n) is 13.4. The molecule has 1 atom stereocenters. The third-order valence-electron chi connectivity index (χ3n) is 4.53. The Labute approximate surface area is 142 Å². The molecule has 0 unspecified atom stereocenters. The number of hydrogen-bond donors (Lipinski definition) is 1. The first kappa shape index (κ1) is 16.4. The minimum Gasteiger partial charge on any atom is -0.355 e. The molecule has 0 radical (unpaired) electrons. The molecule has 2 fully saturated rings. The number of nitrogens with one attached hydrogen (secondary N) is 1. The Kier molecular flexibility index (Phi) is 5.60. The molecule has 0 spiro atoms. The van der Waals surface area contributed by atoms with Crippen molar-refractivity contribution in [2.45, 2.75) is 43.1 Å². The fourth-order valence-corrected chi connectivity index (χ4v) is 4.27. The molecule has 3 rings (SSSR count). The normalized spacial score (nSPS) is 21.8. The Hall–Kier alpha value is -1.49. The maximum atomic E-state index is 12.3. The summed E-state index contributed by atoms with van der Waals surface area (Å²) in [4.78, 5) is 26.2. The van der Waals surface area contributed by atoms with Crippen molar-refractivity contribution in [1.82, 2.24) is 10.2 Å². The minimum atomic E-state index is 0.0587. The van der Waals surface area contributed by atoms with Gasteiger partial charge in [-0.3, -0.25) is 9.59 Å². The molecule has 0 bridgehead atoms. The average molecular weight is 332 g/mol. The predicted molar refractivity (Wildman–Crippen MR) is 93.5 cm³/mol. The van der Waals surface area contributed by atoms with Crippen LogP contribution < -0.4 is 5.32 Å². The van der Waals surface area contributed by atoms with Gasteiger partial charge in [-0.05, 0) is 43.4 Å². The number of carbonyl (C=O) groups is 2. The predicted octanol–water partition coefficient (Wildman–Crippen LogP) is 2.82. The van der Waals surface area contributed by atoms with Crippen molar-refractivity contribution in [3.63, 3.8) is 0 Å². The lowest BCUT2D eigenvalue weighted by atomic mass is 10.1. The van der Waals surface area contributed by atoms with Gasteiger partial charge in [0.1, 0.15) is 0 Å². The van der Waals surface area contributed by atoms with Gasteiger partial charge in [0.05, 0.1) is 5.25 Å². The molecule has 5 heteroatoms. The molecule has 4 nitrogen and oxygen atoms in total. The third-order valence-corrected chi connectivity index (χ3v) is 5.88. The fraction of sp³-hybridized carbons (Fsp3) is 0.556. The summed E-state index contributed by atoms with van der Waals surface area (Å²) in [6.45, 7) is 2.57. The Bertz CT molecular complexity index is 553. The van der Waals surface area contributed by atoms with Crippen molar-refractivity contribution >= 4 is 23.6 Å². The first-order valence-corrected chi connectivity index (χ1v) is 9.56. The number of likely N-dealkylation sites (tertiary alicyclic amines) is 1. The first-order valence-electron chi connectivity index (χ1n) is 8.51. The Morgan fingerprint density at radius 1 is 1.13 bits per heavy atom. The molecule has 0 aliphatic carbocycles. The highest BCUT2D eigenvalue weighted by Crippen LogP contribution is 2.24. The van der Waals surface area contributed by atoms with Crippen LogP contribution in [0.15, 0.2) is 24.3 Å². The second-order valence-electron chi connectivity index (χ2n) is 6.28. The second kappa shape index (κ2) is 7.86. The third kappa shape index (κ3) is 4.28. The maximum absolute atomic E-state index is 12.3. The van der Waals surface area contributed by atoms with Crippen molar-refractivity contribution in [2.75, 3.05) is 19.6 Å². The van der Waals surface area contributed by atoms with E-state index in [0.717, 1.165) is 63.1 Å². The number of benzene rings is 1. The molecule has 124 valence electrons. The molecule has 2 heterocycles. The number of thioether (sulfide) groups is 1. The summed E-state index contributed by atoms with van der Waals surface area (Å²) >= 11 is 1.70. The molecular formula is C18H24N2O2S. The molecule has 2 amide bonds. The van der Waals surface area contributed by atoms with Gasteiger partial charge in [0.15, 0.2) is 0 Å². The average Bonchev–Trinajstić information content (AvgIpc) is 3.04. The van der Waals surface area contributed by atoms with Crippen LogP contribution in [0.25, 0.3) is 0 Å². The van der Waals surface area contributed by atoms with E-state index >= 15 is 0 Å². The first-order chi connectivity index (χ1) is 11.2. The second-order valence-corrected chi connectivity index (χ2v) is 7.47. The van der Waals surface area contributed by atoms with E-state index in [2.05, 4.69) is 5.32 Å². The lowest BCUT2D eigenvalue weighted by molar-refractivity contribution is -0.120. The van der Waals surface area contributed by atoms with Gasteiger partial charge in [0.2, 0.25) is 5.91 Å².